The number of nitrogens with zero attached hydrogens (tertiary/aromatic N) is 2. The Kier molecular flexibility index (Phi) is 4.08. The second-order valence-corrected chi connectivity index (χ2v) is 5.77. The molecule has 0 radical (unpaired) electrons. The van der Waals surface area contributed by atoms with Crippen LogP contribution in [0, 0.1) is 22.0 Å². The minimum atomic E-state index is -0.315. The van der Waals surface area contributed by atoms with Crippen LogP contribution in [0.15, 0.2) is 18.2 Å². The fraction of sp³-hybridized carbons (Fsp3) is 0.600. The molecule has 0 bridgehead atoms. The molecular formula is C15H22N2O2. The zero-order valence-corrected chi connectivity index (χ0v) is 11.9. The third kappa shape index (κ3) is 3.06. The van der Waals surface area contributed by atoms with Crippen molar-refractivity contribution in [1.82, 2.24) is 0 Å². The van der Waals surface area contributed by atoms with Crippen LogP contribution in [-0.2, 0) is 6.42 Å². The molecule has 0 aromatic heterocycles. The Morgan fingerprint density at radius 1 is 1.32 bits per heavy atom. The van der Waals surface area contributed by atoms with Crippen LogP contribution < -0.4 is 4.90 Å². The number of hydrogen-bond donors (Lipinski definition) is 0. The molecule has 1 fully saturated rings. The van der Waals surface area contributed by atoms with E-state index >= 15 is 0 Å². The predicted octanol–water partition coefficient (Wildman–Crippen LogP) is 3.64. The number of benzene rings is 1. The highest BCUT2D eigenvalue weighted by atomic mass is 16.6. The molecule has 2 rings (SSSR count). The summed E-state index contributed by atoms with van der Waals surface area (Å²) in [5, 5.41) is 10.9. The highest BCUT2D eigenvalue weighted by molar-refractivity contribution is 5.58. The number of non-ortho nitro benzene ring substituents is 1. The molecule has 1 aliphatic heterocycles. The van der Waals surface area contributed by atoms with Crippen LogP contribution in [-0.4, -0.2) is 18.0 Å². The largest absolute Gasteiger partial charge is 0.371 e. The van der Waals surface area contributed by atoms with Crippen LogP contribution in [0.3, 0.4) is 0 Å². The van der Waals surface area contributed by atoms with Crippen LogP contribution in [0.25, 0.3) is 0 Å². The molecule has 0 N–H and O–H groups in total. The second-order valence-electron chi connectivity index (χ2n) is 5.77. The quantitative estimate of drug-likeness (QED) is 0.617. The molecule has 0 spiro atoms. The zero-order valence-electron chi connectivity index (χ0n) is 11.9. The van der Waals surface area contributed by atoms with E-state index in [4.69, 9.17) is 0 Å². The maximum atomic E-state index is 10.9. The van der Waals surface area contributed by atoms with E-state index in [9.17, 15) is 10.1 Å². The Labute approximate surface area is 114 Å². The summed E-state index contributed by atoms with van der Waals surface area (Å²) < 4.78 is 0. The van der Waals surface area contributed by atoms with Gasteiger partial charge >= 0.3 is 0 Å². The third-order valence-electron chi connectivity index (χ3n) is 3.86. The summed E-state index contributed by atoms with van der Waals surface area (Å²) in [5.41, 5.74) is 2.45. The fourth-order valence-electron chi connectivity index (χ4n) is 3.14. The lowest BCUT2D eigenvalue weighted by molar-refractivity contribution is -0.384. The lowest BCUT2D eigenvalue weighted by Crippen LogP contribution is -2.39. The molecule has 1 aromatic rings. The van der Waals surface area contributed by atoms with Crippen molar-refractivity contribution >= 4 is 11.4 Å². The van der Waals surface area contributed by atoms with Gasteiger partial charge in [-0.05, 0) is 36.3 Å². The van der Waals surface area contributed by atoms with Crippen LogP contribution in [0.2, 0.25) is 0 Å². The first kappa shape index (κ1) is 13.8. The van der Waals surface area contributed by atoms with Gasteiger partial charge in [-0.3, -0.25) is 10.1 Å². The summed E-state index contributed by atoms with van der Waals surface area (Å²) in [4.78, 5) is 12.9. The van der Waals surface area contributed by atoms with Crippen LogP contribution >= 0.6 is 0 Å². The molecule has 1 aliphatic rings. The van der Waals surface area contributed by atoms with E-state index < -0.39 is 0 Å². The summed E-state index contributed by atoms with van der Waals surface area (Å²) in [6.45, 7) is 8.71. The van der Waals surface area contributed by atoms with E-state index in [1.807, 2.05) is 6.07 Å². The Morgan fingerprint density at radius 3 is 2.47 bits per heavy atom. The van der Waals surface area contributed by atoms with Gasteiger partial charge in [0, 0.05) is 30.9 Å². The first-order chi connectivity index (χ1) is 9.01. The van der Waals surface area contributed by atoms with E-state index in [0.717, 1.165) is 25.1 Å². The van der Waals surface area contributed by atoms with Crippen molar-refractivity contribution in [2.75, 3.05) is 18.0 Å². The SMILES string of the molecule is CCc1cc([N+](=O)[O-])ccc1N1C[C@H](C)C[C@@H](C)C1. The van der Waals surface area contributed by atoms with Crippen LogP contribution in [0.5, 0.6) is 0 Å². The number of nitro groups is 1. The third-order valence-corrected chi connectivity index (χ3v) is 3.86. The Balaban J connectivity index is 2.30. The van der Waals surface area contributed by atoms with Crippen molar-refractivity contribution < 1.29 is 4.92 Å². The average molecular weight is 262 g/mol. The van der Waals surface area contributed by atoms with Gasteiger partial charge in [0.1, 0.15) is 0 Å². The minimum absolute atomic E-state index is 0.193. The van der Waals surface area contributed by atoms with E-state index in [1.165, 1.54) is 12.1 Å². The van der Waals surface area contributed by atoms with E-state index in [-0.39, 0.29) is 10.6 Å². The van der Waals surface area contributed by atoms with Crippen LogP contribution in [0.4, 0.5) is 11.4 Å². The number of hydrogen-bond acceptors (Lipinski definition) is 3. The van der Waals surface area contributed by atoms with Gasteiger partial charge in [-0.15, -0.1) is 0 Å². The predicted molar refractivity (Wildman–Crippen MR) is 77.6 cm³/mol. The van der Waals surface area contributed by atoms with Crippen molar-refractivity contribution in [2.45, 2.75) is 33.6 Å². The monoisotopic (exact) mass is 262 g/mol. The maximum absolute atomic E-state index is 10.9. The Bertz CT molecular complexity index is 463. The van der Waals surface area contributed by atoms with E-state index in [0.29, 0.717) is 11.8 Å². The molecule has 4 nitrogen and oxygen atoms in total. The lowest BCUT2D eigenvalue weighted by atomic mass is 9.91. The lowest BCUT2D eigenvalue weighted by Gasteiger charge is -2.37. The first-order valence-corrected chi connectivity index (χ1v) is 7.03. The van der Waals surface area contributed by atoms with Crippen molar-refractivity contribution in [1.29, 1.82) is 0 Å². The molecular weight excluding hydrogens is 240 g/mol. The normalized spacial score (nSPS) is 23.4. The van der Waals surface area contributed by atoms with Gasteiger partial charge in [0.15, 0.2) is 0 Å². The topological polar surface area (TPSA) is 46.4 Å². The summed E-state index contributed by atoms with van der Waals surface area (Å²) in [6.07, 6.45) is 2.10. The number of piperidine rings is 1. The molecule has 1 saturated heterocycles. The molecule has 2 atom stereocenters. The van der Waals surface area contributed by atoms with Gasteiger partial charge in [-0.25, -0.2) is 0 Å². The number of rotatable bonds is 3. The standard InChI is InChI=1S/C15H22N2O2/c1-4-13-8-14(17(18)19)5-6-15(13)16-9-11(2)7-12(3)10-16/h5-6,8,11-12H,4,7,9-10H2,1-3H3/t11-,12-/m1/s1. The van der Waals surface area contributed by atoms with Gasteiger partial charge in [0.2, 0.25) is 0 Å². The number of nitro benzene ring substituents is 1. The number of aryl methyl sites for hydroxylation is 1. The van der Waals surface area contributed by atoms with Crippen molar-refractivity contribution in [3.8, 4) is 0 Å². The first-order valence-electron chi connectivity index (χ1n) is 7.03. The fourth-order valence-corrected chi connectivity index (χ4v) is 3.14. The van der Waals surface area contributed by atoms with E-state index in [2.05, 4.69) is 25.7 Å². The second kappa shape index (κ2) is 5.59. The van der Waals surface area contributed by atoms with Crippen LogP contribution in [0.1, 0.15) is 32.8 Å². The van der Waals surface area contributed by atoms with E-state index in [1.54, 1.807) is 12.1 Å². The molecule has 0 amide bonds. The zero-order chi connectivity index (χ0) is 14.0. The highest BCUT2D eigenvalue weighted by Crippen LogP contribution is 2.31. The molecule has 1 heterocycles. The maximum Gasteiger partial charge on any atom is 0.269 e. The smallest absolute Gasteiger partial charge is 0.269 e. The summed E-state index contributed by atoms with van der Waals surface area (Å²) in [7, 11) is 0. The van der Waals surface area contributed by atoms with Gasteiger partial charge < -0.3 is 4.90 Å². The molecule has 104 valence electrons. The molecule has 4 heteroatoms. The van der Waals surface area contributed by atoms with Gasteiger partial charge in [-0.2, -0.15) is 0 Å². The summed E-state index contributed by atoms with van der Waals surface area (Å²) in [5.74, 6) is 1.37. The molecule has 19 heavy (non-hydrogen) atoms. The Hall–Kier alpha value is -1.58. The number of anilines is 1. The molecule has 0 unspecified atom stereocenters. The molecule has 0 saturated carbocycles. The van der Waals surface area contributed by atoms with Crippen molar-refractivity contribution in [3.63, 3.8) is 0 Å². The van der Waals surface area contributed by atoms with Crippen molar-refractivity contribution in [3.05, 3.63) is 33.9 Å². The summed E-state index contributed by atoms with van der Waals surface area (Å²) >= 11 is 0. The highest BCUT2D eigenvalue weighted by Gasteiger charge is 2.24. The van der Waals surface area contributed by atoms with Gasteiger partial charge in [-0.1, -0.05) is 20.8 Å². The average Bonchev–Trinajstić information content (AvgIpc) is 2.36. The Morgan fingerprint density at radius 2 is 1.95 bits per heavy atom. The summed E-state index contributed by atoms with van der Waals surface area (Å²) in [6, 6.07) is 5.26. The van der Waals surface area contributed by atoms with Gasteiger partial charge in [0.05, 0.1) is 4.92 Å². The minimum Gasteiger partial charge on any atom is -0.371 e. The molecule has 1 aromatic carbocycles. The molecule has 0 aliphatic carbocycles. The van der Waals surface area contributed by atoms with Crippen molar-refractivity contribution in [2.24, 2.45) is 11.8 Å². The van der Waals surface area contributed by atoms with Gasteiger partial charge in [0.25, 0.3) is 5.69 Å².